The van der Waals surface area contributed by atoms with Crippen LogP contribution >= 0.6 is 0 Å². The highest BCUT2D eigenvalue weighted by molar-refractivity contribution is 5.57. The molecule has 15 heavy (non-hydrogen) atoms. The van der Waals surface area contributed by atoms with E-state index in [0.29, 0.717) is 11.5 Å². The minimum absolute atomic E-state index is 0.433. The first-order valence-corrected chi connectivity index (χ1v) is 5.19. The Kier molecular flexibility index (Phi) is 3.03. The molecule has 0 atom stereocenters. The Morgan fingerprint density at radius 2 is 2.00 bits per heavy atom. The van der Waals surface area contributed by atoms with Crippen LogP contribution in [-0.2, 0) is 6.54 Å². The third kappa shape index (κ3) is 2.57. The number of nitrogens with two attached hydrogens (primary N) is 2. The number of piperazine rings is 1. The summed E-state index contributed by atoms with van der Waals surface area (Å²) in [7, 11) is 0. The van der Waals surface area contributed by atoms with Gasteiger partial charge in [0.1, 0.15) is 5.82 Å². The molecule has 0 unspecified atom stereocenters. The van der Waals surface area contributed by atoms with Gasteiger partial charge in [-0.25, -0.2) is 4.98 Å². The van der Waals surface area contributed by atoms with Crippen LogP contribution in [-0.4, -0.2) is 36.1 Å². The summed E-state index contributed by atoms with van der Waals surface area (Å²) in [5.74, 6) is 0.433. The van der Waals surface area contributed by atoms with Crippen molar-refractivity contribution in [1.29, 1.82) is 0 Å². The van der Waals surface area contributed by atoms with Gasteiger partial charge in [-0.1, -0.05) is 0 Å². The molecule has 1 aromatic rings. The second-order valence-electron chi connectivity index (χ2n) is 3.80. The average molecular weight is 207 g/mol. The van der Waals surface area contributed by atoms with Crippen molar-refractivity contribution < 1.29 is 0 Å². The van der Waals surface area contributed by atoms with Crippen molar-refractivity contribution in [3.8, 4) is 0 Å². The van der Waals surface area contributed by atoms with Gasteiger partial charge in [-0.2, -0.15) is 0 Å². The Balaban J connectivity index is 2.00. The van der Waals surface area contributed by atoms with Crippen LogP contribution < -0.4 is 16.8 Å². The molecule has 0 spiro atoms. The number of nitrogens with one attached hydrogen (secondary N) is 1. The van der Waals surface area contributed by atoms with Crippen molar-refractivity contribution >= 4 is 11.5 Å². The van der Waals surface area contributed by atoms with Gasteiger partial charge in [-0.15, -0.1) is 0 Å². The molecule has 1 aliphatic rings. The Morgan fingerprint density at radius 3 is 2.67 bits per heavy atom. The lowest BCUT2D eigenvalue weighted by atomic mass is 10.2. The van der Waals surface area contributed by atoms with Crippen LogP contribution in [0.1, 0.15) is 5.69 Å². The number of nitrogens with zero attached hydrogens (tertiary/aromatic N) is 2. The molecular weight excluding hydrogens is 190 g/mol. The molecule has 1 aliphatic heterocycles. The van der Waals surface area contributed by atoms with E-state index in [4.69, 9.17) is 11.5 Å². The highest BCUT2D eigenvalue weighted by Gasteiger charge is 2.10. The zero-order valence-corrected chi connectivity index (χ0v) is 8.74. The summed E-state index contributed by atoms with van der Waals surface area (Å²) < 4.78 is 0. The Morgan fingerprint density at radius 1 is 1.27 bits per heavy atom. The highest BCUT2D eigenvalue weighted by Crippen LogP contribution is 2.12. The first-order chi connectivity index (χ1) is 7.25. The summed E-state index contributed by atoms with van der Waals surface area (Å²) in [6, 6.07) is 3.76. The largest absolute Gasteiger partial charge is 0.396 e. The number of pyridine rings is 1. The Labute approximate surface area is 89.5 Å². The van der Waals surface area contributed by atoms with Gasteiger partial charge in [0.2, 0.25) is 0 Å². The lowest BCUT2D eigenvalue weighted by Crippen LogP contribution is -2.43. The molecule has 5 N–H and O–H groups in total. The maximum Gasteiger partial charge on any atom is 0.146 e. The minimum Gasteiger partial charge on any atom is -0.396 e. The van der Waals surface area contributed by atoms with E-state index < -0.39 is 0 Å². The summed E-state index contributed by atoms with van der Waals surface area (Å²) in [5, 5.41) is 3.31. The molecule has 1 aromatic heterocycles. The van der Waals surface area contributed by atoms with E-state index in [-0.39, 0.29) is 0 Å². The smallest absolute Gasteiger partial charge is 0.146 e. The van der Waals surface area contributed by atoms with E-state index in [1.807, 2.05) is 12.1 Å². The van der Waals surface area contributed by atoms with E-state index in [1.54, 1.807) is 0 Å². The predicted octanol–water partition coefficient (Wildman–Crippen LogP) is -0.349. The minimum atomic E-state index is 0.433. The number of aromatic nitrogens is 1. The van der Waals surface area contributed by atoms with Crippen LogP contribution in [0.5, 0.6) is 0 Å². The predicted molar refractivity (Wildman–Crippen MR) is 61.2 cm³/mol. The standard InChI is InChI=1S/C10H17N5/c11-9-2-1-8(14-10(9)12)7-15-5-3-13-4-6-15/h1-2,13H,3-7,11H2,(H2,12,14). The molecule has 0 radical (unpaired) electrons. The summed E-state index contributed by atoms with van der Waals surface area (Å²) in [6.45, 7) is 5.07. The van der Waals surface area contributed by atoms with Crippen molar-refractivity contribution in [2.24, 2.45) is 0 Å². The van der Waals surface area contributed by atoms with Gasteiger partial charge in [0, 0.05) is 32.7 Å². The summed E-state index contributed by atoms with van der Waals surface area (Å²) >= 11 is 0. The van der Waals surface area contributed by atoms with E-state index in [1.165, 1.54) is 0 Å². The number of anilines is 2. The maximum absolute atomic E-state index is 5.66. The van der Waals surface area contributed by atoms with Crippen LogP contribution in [0.3, 0.4) is 0 Å². The molecular formula is C10H17N5. The molecule has 2 rings (SSSR count). The lowest BCUT2D eigenvalue weighted by molar-refractivity contribution is 0.231. The fourth-order valence-corrected chi connectivity index (χ4v) is 1.71. The topological polar surface area (TPSA) is 80.2 Å². The van der Waals surface area contributed by atoms with Crippen molar-refractivity contribution in [3.63, 3.8) is 0 Å². The van der Waals surface area contributed by atoms with Crippen LogP contribution in [0.4, 0.5) is 11.5 Å². The molecule has 1 fully saturated rings. The van der Waals surface area contributed by atoms with Crippen LogP contribution in [0.2, 0.25) is 0 Å². The van der Waals surface area contributed by atoms with E-state index >= 15 is 0 Å². The summed E-state index contributed by atoms with van der Waals surface area (Å²) in [5.41, 5.74) is 12.8. The molecule has 1 saturated heterocycles. The maximum atomic E-state index is 5.66. The molecule has 0 bridgehead atoms. The second-order valence-corrected chi connectivity index (χ2v) is 3.80. The van der Waals surface area contributed by atoms with Crippen LogP contribution in [0, 0.1) is 0 Å². The Bertz CT molecular complexity index is 333. The SMILES string of the molecule is Nc1ccc(CN2CCNCC2)nc1N. The van der Waals surface area contributed by atoms with Gasteiger partial charge in [-0.3, -0.25) is 4.90 Å². The normalized spacial score (nSPS) is 17.9. The Hall–Kier alpha value is -1.33. The number of hydrogen-bond acceptors (Lipinski definition) is 5. The van der Waals surface area contributed by atoms with E-state index in [2.05, 4.69) is 15.2 Å². The number of nitrogen functional groups attached to an aromatic ring is 2. The molecule has 0 saturated carbocycles. The van der Waals surface area contributed by atoms with Crippen LogP contribution in [0.25, 0.3) is 0 Å². The number of rotatable bonds is 2. The lowest BCUT2D eigenvalue weighted by Gasteiger charge is -2.26. The summed E-state index contributed by atoms with van der Waals surface area (Å²) in [6.07, 6.45) is 0. The quantitative estimate of drug-likeness (QED) is 0.618. The molecule has 5 heteroatoms. The van der Waals surface area contributed by atoms with Gasteiger partial charge in [0.15, 0.2) is 0 Å². The van der Waals surface area contributed by atoms with E-state index in [0.717, 1.165) is 38.4 Å². The van der Waals surface area contributed by atoms with Gasteiger partial charge < -0.3 is 16.8 Å². The summed E-state index contributed by atoms with van der Waals surface area (Å²) in [4.78, 5) is 6.61. The van der Waals surface area contributed by atoms with Gasteiger partial charge in [0.05, 0.1) is 11.4 Å². The van der Waals surface area contributed by atoms with Crippen molar-refractivity contribution in [1.82, 2.24) is 15.2 Å². The van der Waals surface area contributed by atoms with Gasteiger partial charge >= 0.3 is 0 Å². The molecule has 0 aromatic carbocycles. The first-order valence-electron chi connectivity index (χ1n) is 5.19. The van der Waals surface area contributed by atoms with E-state index in [9.17, 15) is 0 Å². The second kappa shape index (κ2) is 4.46. The molecule has 0 aliphatic carbocycles. The average Bonchev–Trinajstić information content (AvgIpc) is 2.25. The third-order valence-electron chi connectivity index (χ3n) is 2.61. The fraction of sp³-hybridized carbons (Fsp3) is 0.500. The van der Waals surface area contributed by atoms with Crippen molar-refractivity contribution in [2.45, 2.75) is 6.54 Å². The third-order valence-corrected chi connectivity index (χ3v) is 2.61. The van der Waals surface area contributed by atoms with Crippen molar-refractivity contribution in [2.75, 3.05) is 37.6 Å². The highest BCUT2D eigenvalue weighted by atomic mass is 15.2. The molecule has 5 nitrogen and oxygen atoms in total. The molecule has 0 amide bonds. The van der Waals surface area contributed by atoms with Gasteiger partial charge in [-0.05, 0) is 12.1 Å². The fourth-order valence-electron chi connectivity index (χ4n) is 1.71. The molecule has 82 valence electrons. The zero-order chi connectivity index (χ0) is 10.7. The monoisotopic (exact) mass is 207 g/mol. The molecule has 2 heterocycles. The number of hydrogen-bond donors (Lipinski definition) is 3. The van der Waals surface area contributed by atoms with Gasteiger partial charge in [0.25, 0.3) is 0 Å². The van der Waals surface area contributed by atoms with Crippen molar-refractivity contribution in [3.05, 3.63) is 17.8 Å². The zero-order valence-electron chi connectivity index (χ0n) is 8.74. The first kappa shape index (κ1) is 10.2. The van der Waals surface area contributed by atoms with Crippen LogP contribution in [0.15, 0.2) is 12.1 Å².